The van der Waals surface area contributed by atoms with Gasteiger partial charge >= 0.3 is 0 Å². The van der Waals surface area contributed by atoms with Gasteiger partial charge in [0.05, 0.1) is 16.8 Å². The number of anilines is 1. The molecule has 1 aliphatic rings. The topological polar surface area (TPSA) is 74.7 Å². The number of hydrazone groups is 1. The Labute approximate surface area is 191 Å². The molecule has 0 unspecified atom stereocenters. The number of nitrogens with zero attached hydrogens (tertiary/aromatic N) is 3. The standard InChI is InChI=1S/C22H23ClN4O2S2/c23-19-7-5-6-17(14-19)15-24-26-22-25-21(16-30-22)18-8-10-20(11-9-18)31(28,29)27-12-3-1-2-4-13-27/h5-11,14-16H,1-4,12-13H2,(H,25,26). The second-order valence-electron chi connectivity index (χ2n) is 7.31. The van der Waals surface area contributed by atoms with E-state index in [9.17, 15) is 8.42 Å². The summed E-state index contributed by atoms with van der Waals surface area (Å²) >= 11 is 7.40. The molecule has 162 valence electrons. The molecular formula is C22H23ClN4O2S2. The second-order valence-corrected chi connectivity index (χ2v) is 10.5. The van der Waals surface area contributed by atoms with Crippen LogP contribution < -0.4 is 5.43 Å². The summed E-state index contributed by atoms with van der Waals surface area (Å²) < 4.78 is 27.5. The SMILES string of the molecule is O=S(=O)(c1ccc(-c2csc(NN=Cc3cccc(Cl)c3)n2)cc1)N1CCCCCC1. The summed E-state index contributed by atoms with van der Waals surface area (Å²) in [6.07, 6.45) is 5.70. The Bertz CT molecular complexity index is 1150. The lowest BCUT2D eigenvalue weighted by Gasteiger charge is -2.19. The van der Waals surface area contributed by atoms with E-state index in [0.717, 1.165) is 42.5 Å². The van der Waals surface area contributed by atoms with Crippen molar-refractivity contribution in [3.63, 3.8) is 0 Å². The first-order valence-electron chi connectivity index (χ1n) is 10.1. The van der Waals surface area contributed by atoms with E-state index in [1.54, 1.807) is 34.8 Å². The molecule has 1 fully saturated rings. The molecule has 31 heavy (non-hydrogen) atoms. The zero-order valence-electron chi connectivity index (χ0n) is 16.9. The zero-order chi connectivity index (χ0) is 21.7. The highest BCUT2D eigenvalue weighted by molar-refractivity contribution is 7.89. The third-order valence-corrected chi connectivity index (χ3v) is 7.97. The van der Waals surface area contributed by atoms with Crippen molar-refractivity contribution in [2.24, 2.45) is 5.10 Å². The Kier molecular flexibility index (Phi) is 7.02. The highest BCUT2D eigenvalue weighted by Gasteiger charge is 2.25. The molecule has 6 nitrogen and oxygen atoms in total. The van der Waals surface area contributed by atoms with E-state index >= 15 is 0 Å². The maximum Gasteiger partial charge on any atom is 0.243 e. The number of benzene rings is 2. The van der Waals surface area contributed by atoms with E-state index in [0.29, 0.717) is 28.1 Å². The summed E-state index contributed by atoms with van der Waals surface area (Å²) in [7, 11) is -3.45. The van der Waals surface area contributed by atoms with Gasteiger partial charge in [-0.2, -0.15) is 9.41 Å². The van der Waals surface area contributed by atoms with Crippen LogP contribution in [0.4, 0.5) is 5.13 Å². The van der Waals surface area contributed by atoms with Crippen LogP contribution in [-0.4, -0.2) is 37.0 Å². The normalized spacial score (nSPS) is 15.8. The van der Waals surface area contributed by atoms with Crippen molar-refractivity contribution in [1.82, 2.24) is 9.29 Å². The smallest absolute Gasteiger partial charge is 0.243 e. The van der Waals surface area contributed by atoms with Crippen molar-refractivity contribution >= 4 is 44.3 Å². The molecule has 0 aliphatic carbocycles. The van der Waals surface area contributed by atoms with Crippen molar-refractivity contribution in [1.29, 1.82) is 0 Å². The van der Waals surface area contributed by atoms with Gasteiger partial charge in [0.15, 0.2) is 0 Å². The fourth-order valence-electron chi connectivity index (χ4n) is 3.44. The Balaban J connectivity index is 1.43. The number of rotatable bonds is 6. The van der Waals surface area contributed by atoms with Gasteiger partial charge in [-0.3, -0.25) is 5.43 Å². The first-order chi connectivity index (χ1) is 15.0. The first kappa shape index (κ1) is 22.0. The minimum atomic E-state index is -3.45. The summed E-state index contributed by atoms with van der Waals surface area (Å²) in [6, 6.07) is 14.3. The van der Waals surface area contributed by atoms with Crippen molar-refractivity contribution in [3.05, 3.63) is 64.5 Å². The maximum absolute atomic E-state index is 12.9. The molecule has 0 saturated carbocycles. The molecule has 0 spiro atoms. The van der Waals surface area contributed by atoms with Crippen molar-refractivity contribution < 1.29 is 8.42 Å². The van der Waals surface area contributed by atoms with Crippen LogP contribution in [0.15, 0.2) is 63.9 Å². The van der Waals surface area contributed by atoms with Crippen molar-refractivity contribution in [2.45, 2.75) is 30.6 Å². The van der Waals surface area contributed by atoms with E-state index in [1.807, 2.05) is 29.6 Å². The first-order valence-corrected chi connectivity index (χ1v) is 12.8. The van der Waals surface area contributed by atoms with Gasteiger partial charge in [-0.15, -0.1) is 11.3 Å². The average molecular weight is 475 g/mol. The van der Waals surface area contributed by atoms with Crippen LogP contribution in [0.5, 0.6) is 0 Å². The van der Waals surface area contributed by atoms with Crippen LogP contribution in [0.1, 0.15) is 31.2 Å². The van der Waals surface area contributed by atoms with E-state index in [4.69, 9.17) is 11.6 Å². The van der Waals surface area contributed by atoms with Gasteiger partial charge in [0.1, 0.15) is 0 Å². The van der Waals surface area contributed by atoms with Gasteiger partial charge < -0.3 is 0 Å². The highest BCUT2D eigenvalue weighted by Crippen LogP contribution is 2.27. The van der Waals surface area contributed by atoms with Crippen LogP contribution in [-0.2, 0) is 10.0 Å². The van der Waals surface area contributed by atoms with Crippen LogP contribution >= 0.6 is 22.9 Å². The Hall–Kier alpha value is -2.26. The lowest BCUT2D eigenvalue weighted by molar-refractivity contribution is 0.424. The maximum atomic E-state index is 12.9. The van der Waals surface area contributed by atoms with Crippen molar-refractivity contribution in [2.75, 3.05) is 18.5 Å². The molecule has 9 heteroatoms. The van der Waals surface area contributed by atoms with Gasteiger partial charge in [0, 0.05) is 29.1 Å². The van der Waals surface area contributed by atoms with Crippen LogP contribution in [0, 0.1) is 0 Å². The van der Waals surface area contributed by atoms with E-state index in [1.165, 1.54) is 11.3 Å². The lowest BCUT2D eigenvalue weighted by Crippen LogP contribution is -2.31. The monoisotopic (exact) mass is 474 g/mol. The van der Waals surface area contributed by atoms with Gasteiger partial charge in [-0.05, 0) is 42.7 Å². The minimum Gasteiger partial charge on any atom is -0.253 e. The van der Waals surface area contributed by atoms with Crippen LogP contribution in [0.25, 0.3) is 11.3 Å². The van der Waals surface area contributed by atoms with Gasteiger partial charge in [-0.25, -0.2) is 13.4 Å². The fraction of sp³-hybridized carbons (Fsp3) is 0.273. The summed E-state index contributed by atoms with van der Waals surface area (Å²) in [5, 5.41) is 7.41. The molecule has 1 N–H and O–H groups in total. The van der Waals surface area contributed by atoms with Gasteiger partial charge in [-0.1, -0.05) is 48.7 Å². The quantitative estimate of drug-likeness (QED) is 0.379. The fourth-order valence-corrected chi connectivity index (χ4v) is 5.82. The van der Waals surface area contributed by atoms with E-state index in [2.05, 4.69) is 15.5 Å². The molecule has 1 aliphatic heterocycles. The molecule has 2 heterocycles. The highest BCUT2D eigenvalue weighted by atomic mass is 35.5. The number of sulfonamides is 1. The van der Waals surface area contributed by atoms with E-state index in [-0.39, 0.29) is 0 Å². The number of halogens is 1. The second kappa shape index (κ2) is 9.91. The summed E-state index contributed by atoms with van der Waals surface area (Å²) in [4.78, 5) is 4.86. The molecule has 2 aromatic carbocycles. The average Bonchev–Trinajstić information content (AvgIpc) is 3.06. The van der Waals surface area contributed by atoms with E-state index < -0.39 is 10.0 Å². The molecule has 0 amide bonds. The number of hydrogen-bond donors (Lipinski definition) is 1. The van der Waals surface area contributed by atoms with Crippen LogP contribution in [0.3, 0.4) is 0 Å². The lowest BCUT2D eigenvalue weighted by atomic mass is 10.2. The number of nitrogens with one attached hydrogen (secondary N) is 1. The Morgan fingerprint density at radius 1 is 1.06 bits per heavy atom. The molecule has 0 atom stereocenters. The molecule has 4 rings (SSSR count). The van der Waals surface area contributed by atoms with Crippen LogP contribution in [0.2, 0.25) is 5.02 Å². The minimum absolute atomic E-state index is 0.331. The Morgan fingerprint density at radius 2 is 1.81 bits per heavy atom. The predicted octanol–water partition coefficient (Wildman–Crippen LogP) is 5.47. The number of aromatic nitrogens is 1. The van der Waals surface area contributed by atoms with Crippen molar-refractivity contribution in [3.8, 4) is 11.3 Å². The third-order valence-electron chi connectivity index (χ3n) is 5.08. The molecular weight excluding hydrogens is 452 g/mol. The molecule has 0 bridgehead atoms. The molecule has 0 radical (unpaired) electrons. The third kappa shape index (κ3) is 5.51. The Morgan fingerprint density at radius 3 is 2.52 bits per heavy atom. The van der Waals surface area contributed by atoms with Gasteiger partial charge in [0.25, 0.3) is 0 Å². The predicted molar refractivity (Wildman–Crippen MR) is 127 cm³/mol. The largest absolute Gasteiger partial charge is 0.253 e. The molecule has 1 saturated heterocycles. The summed E-state index contributed by atoms with van der Waals surface area (Å²) in [6.45, 7) is 1.20. The summed E-state index contributed by atoms with van der Waals surface area (Å²) in [5.41, 5.74) is 5.43. The number of thiazole rings is 1. The number of hydrogen-bond acceptors (Lipinski definition) is 6. The van der Waals surface area contributed by atoms with Gasteiger partial charge in [0.2, 0.25) is 15.2 Å². The summed E-state index contributed by atoms with van der Waals surface area (Å²) in [5.74, 6) is 0. The zero-order valence-corrected chi connectivity index (χ0v) is 19.3. The molecule has 3 aromatic rings. The molecule has 1 aromatic heterocycles.